The fourth-order valence-electron chi connectivity index (χ4n) is 4.26. The van der Waals surface area contributed by atoms with Crippen LogP contribution < -0.4 is 5.32 Å². The van der Waals surface area contributed by atoms with Gasteiger partial charge in [0, 0.05) is 11.8 Å². The Balaban J connectivity index is 1.83. The number of nitrogens with one attached hydrogen (secondary N) is 1. The summed E-state index contributed by atoms with van der Waals surface area (Å²) >= 11 is 0. The van der Waals surface area contributed by atoms with Crippen LogP contribution in [0.3, 0.4) is 0 Å². The molecule has 0 bridgehead atoms. The van der Waals surface area contributed by atoms with E-state index in [1.807, 2.05) is 0 Å². The number of ether oxygens (including phenoxy) is 1. The highest BCUT2D eigenvalue weighted by atomic mass is 16.6. The molecule has 4 nitrogen and oxygen atoms in total. The lowest BCUT2D eigenvalue weighted by Crippen LogP contribution is -2.41. The highest BCUT2D eigenvalue weighted by Crippen LogP contribution is 2.41. The minimum atomic E-state index is -0.262. The highest BCUT2D eigenvalue weighted by Gasteiger charge is 2.44. The third kappa shape index (κ3) is 2.63. The first kappa shape index (κ1) is 12.9. The summed E-state index contributed by atoms with van der Waals surface area (Å²) in [6.07, 6.45) is 9.76. The Bertz CT molecular complexity index is 357. The van der Waals surface area contributed by atoms with E-state index in [-0.39, 0.29) is 24.2 Å². The Morgan fingerprint density at radius 3 is 2.79 bits per heavy atom. The molecule has 3 rings (SSSR count). The normalized spacial score (nSPS) is 42.7. The lowest BCUT2D eigenvalue weighted by molar-refractivity contribution is -0.112. The molecule has 0 aromatic heterocycles. The number of hydrogen-bond acceptors (Lipinski definition) is 3. The van der Waals surface area contributed by atoms with Crippen LogP contribution in [0.15, 0.2) is 0 Å². The maximum absolute atomic E-state index is 11.5. The van der Waals surface area contributed by atoms with E-state index in [1.165, 1.54) is 25.7 Å². The molecule has 2 aliphatic carbocycles. The zero-order valence-electron chi connectivity index (χ0n) is 11.3. The van der Waals surface area contributed by atoms with Crippen LogP contribution in [0.1, 0.15) is 51.4 Å². The topological polar surface area (TPSA) is 55.4 Å². The van der Waals surface area contributed by atoms with Crippen molar-refractivity contribution in [2.75, 3.05) is 0 Å². The van der Waals surface area contributed by atoms with Crippen LogP contribution in [-0.2, 0) is 9.53 Å². The molecule has 19 heavy (non-hydrogen) atoms. The van der Waals surface area contributed by atoms with E-state index >= 15 is 0 Å². The standard InChI is InChI=1S/C15H23NO3/c17-9-10-6-7-13-14(19-15(18)16-13)12-5-3-1-2-4-11(12)8-10/h9-14H,1-8H2,(H,16,18). The van der Waals surface area contributed by atoms with Crippen molar-refractivity contribution in [3.05, 3.63) is 0 Å². The van der Waals surface area contributed by atoms with Gasteiger partial charge < -0.3 is 14.8 Å². The van der Waals surface area contributed by atoms with E-state index < -0.39 is 0 Å². The van der Waals surface area contributed by atoms with E-state index in [1.54, 1.807) is 0 Å². The maximum atomic E-state index is 11.5. The van der Waals surface area contributed by atoms with Crippen LogP contribution in [0.5, 0.6) is 0 Å². The van der Waals surface area contributed by atoms with Gasteiger partial charge in [-0.25, -0.2) is 4.79 Å². The molecule has 1 amide bonds. The summed E-state index contributed by atoms with van der Waals surface area (Å²) in [5.41, 5.74) is 0. The van der Waals surface area contributed by atoms with E-state index in [0.717, 1.165) is 32.0 Å². The lowest BCUT2D eigenvalue weighted by Gasteiger charge is -2.35. The molecule has 5 unspecified atom stereocenters. The van der Waals surface area contributed by atoms with Gasteiger partial charge in [-0.3, -0.25) is 0 Å². The second kappa shape index (κ2) is 5.51. The molecule has 5 atom stereocenters. The summed E-state index contributed by atoms with van der Waals surface area (Å²) in [7, 11) is 0. The number of amides is 1. The Hall–Kier alpha value is -1.06. The van der Waals surface area contributed by atoms with Crippen molar-refractivity contribution in [3.8, 4) is 0 Å². The number of rotatable bonds is 1. The Morgan fingerprint density at radius 2 is 1.95 bits per heavy atom. The van der Waals surface area contributed by atoms with Crippen molar-refractivity contribution in [2.24, 2.45) is 17.8 Å². The maximum Gasteiger partial charge on any atom is 0.407 e. The van der Waals surface area contributed by atoms with Crippen molar-refractivity contribution in [1.82, 2.24) is 5.32 Å². The number of hydrogen-bond donors (Lipinski definition) is 1. The van der Waals surface area contributed by atoms with Crippen molar-refractivity contribution >= 4 is 12.4 Å². The van der Waals surface area contributed by atoms with Crippen LogP contribution in [0.25, 0.3) is 0 Å². The predicted octanol–water partition coefficient (Wildman–Crippen LogP) is 2.66. The van der Waals surface area contributed by atoms with E-state index in [2.05, 4.69) is 5.32 Å². The van der Waals surface area contributed by atoms with Gasteiger partial charge in [-0.1, -0.05) is 25.7 Å². The lowest BCUT2D eigenvalue weighted by atomic mass is 9.73. The zero-order valence-corrected chi connectivity index (χ0v) is 11.3. The minimum Gasteiger partial charge on any atom is -0.444 e. The molecule has 1 heterocycles. The van der Waals surface area contributed by atoms with Crippen LogP contribution in [-0.4, -0.2) is 24.5 Å². The average molecular weight is 265 g/mol. The van der Waals surface area contributed by atoms with Gasteiger partial charge in [0.15, 0.2) is 0 Å². The summed E-state index contributed by atoms with van der Waals surface area (Å²) in [6.45, 7) is 0. The van der Waals surface area contributed by atoms with Crippen LogP contribution >= 0.6 is 0 Å². The molecule has 0 aromatic carbocycles. The average Bonchev–Trinajstić information content (AvgIpc) is 2.61. The highest BCUT2D eigenvalue weighted by molar-refractivity contribution is 5.70. The Labute approximate surface area is 114 Å². The van der Waals surface area contributed by atoms with Gasteiger partial charge in [0.1, 0.15) is 12.4 Å². The zero-order chi connectivity index (χ0) is 13.2. The molecule has 2 saturated carbocycles. The number of carbonyl (C=O) groups excluding carboxylic acids is 2. The number of alkyl carbamates (subject to hydrolysis) is 1. The first-order valence-electron chi connectivity index (χ1n) is 7.70. The van der Waals surface area contributed by atoms with Crippen LogP contribution in [0.2, 0.25) is 0 Å². The van der Waals surface area contributed by atoms with E-state index in [4.69, 9.17) is 4.74 Å². The second-order valence-electron chi connectivity index (χ2n) is 6.39. The van der Waals surface area contributed by atoms with Gasteiger partial charge in [-0.2, -0.15) is 0 Å². The molecular formula is C15H23NO3. The molecule has 1 N–H and O–H groups in total. The smallest absolute Gasteiger partial charge is 0.407 e. The van der Waals surface area contributed by atoms with Crippen molar-refractivity contribution < 1.29 is 14.3 Å². The molecule has 1 saturated heterocycles. The molecule has 0 radical (unpaired) electrons. The molecule has 0 spiro atoms. The summed E-state index contributed by atoms with van der Waals surface area (Å²) in [5, 5.41) is 2.94. The number of carbonyl (C=O) groups is 2. The predicted molar refractivity (Wildman–Crippen MR) is 70.7 cm³/mol. The van der Waals surface area contributed by atoms with E-state index in [9.17, 15) is 9.59 Å². The molecule has 1 aliphatic heterocycles. The summed E-state index contributed by atoms with van der Waals surface area (Å²) in [5.74, 6) is 1.18. The van der Waals surface area contributed by atoms with Gasteiger partial charge in [-0.05, 0) is 31.6 Å². The second-order valence-corrected chi connectivity index (χ2v) is 6.39. The van der Waals surface area contributed by atoms with Gasteiger partial charge in [-0.15, -0.1) is 0 Å². The minimum absolute atomic E-state index is 0.0446. The first-order chi connectivity index (χ1) is 9.28. The van der Waals surface area contributed by atoms with Gasteiger partial charge in [0.2, 0.25) is 0 Å². The van der Waals surface area contributed by atoms with Crippen molar-refractivity contribution in [3.63, 3.8) is 0 Å². The van der Waals surface area contributed by atoms with Crippen LogP contribution in [0.4, 0.5) is 4.79 Å². The first-order valence-corrected chi connectivity index (χ1v) is 7.70. The summed E-state index contributed by atoms with van der Waals surface area (Å²) < 4.78 is 5.56. The molecular weight excluding hydrogens is 242 g/mol. The Morgan fingerprint density at radius 1 is 1.11 bits per heavy atom. The van der Waals surface area contributed by atoms with Crippen molar-refractivity contribution in [1.29, 1.82) is 0 Å². The molecule has 106 valence electrons. The van der Waals surface area contributed by atoms with Gasteiger partial charge in [0.05, 0.1) is 6.04 Å². The third-order valence-corrected chi connectivity index (χ3v) is 5.23. The molecule has 4 heteroatoms. The largest absolute Gasteiger partial charge is 0.444 e. The molecule has 0 aromatic rings. The quantitative estimate of drug-likeness (QED) is 0.742. The monoisotopic (exact) mass is 265 g/mol. The van der Waals surface area contributed by atoms with E-state index in [0.29, 0.717) is 11.8 Å². The Kier molecular flexibility index (Phi) is 3.76. The SMILES string of the molecule is O=CC1CCC2NC(=O)OC2C2CCCCCC2C1. The third-order valence-electron chi connectivity index (χ3n) is 5.23. The van der Waals surface area contributed by atoms with Gasteiger partial charge >= 0.3 is 6.09 Å². The van der Waals surface area contributed by atoms with Crippen molar-refractivity contribution in [2.45, 2.75) is 63.5 Å². The van der Waals surface area contributed by atoms with Crippen LogP contribution in [0, 0.1) is 17.8 Å². The molecule has 3 aliphatic rings. The number of fused-ring (bicyclic) bond motifs is 3. The summed E-state index contributed by atoms with van der Waals surface area (Å²) in [6, 6.07) is 0.126. The fourth-order valence-corrected chi connectivity index (χ4v) is 4.26. The molecule has 3 fully saturated rings. The van der Waals surface area contributed by atoms with Gasteiger partial charge in [0.25, 0.3) is 0 Å². The fraction of sp³-hybridized carbons (Fsp3) is 0.867. The summed E-state index contributed by atoms with van der Waals surface area (Å²) in [4.78, 5) is 22.8. The number of aldehydes is 1.